The predicted octanol–water partition coefficient (Wildman–Crippen LogP) is 0.435. The van der Waals surface area contributed by atoms with Gasteiger partial charge in [-0.15, -0.1) is 0 Å². The molecular formula is C21H17N9O3. The summed E-state index contributed by atoms with van der Waals surface area (Å²) in [4.78, 5) is 33.9. The van der Waals surface area contributed by atoms with Crippen LogP contribution in [-0.2, 0) is 0 Å². The Labute approximate surface area is 184 Å². The minimum absolute atomic E-state index is 0.110. The number of fused-ring (bicyclic) bond motifs is 1. The van der Waals surface area contributed by atoms with Crippen molar-refractivity contribution in [1.29, 1.82) is 0 Å². The molecule has 0 saturated heterocycles. The van der Waals surface area contributed by atoms with Crippen LogP contribution in [-0.4, -0.2) is 50.2 Å². The van der Waals surface area contributed by atoms with Gasteiger partial charge in [-0.1, -0.05) is 0 Å². The molecule has 1 fully saturated rings. The summed E-state index contributed by atoms with van der Waals surface area (Å²) in [6.07, 6.45) is 10.4. The highest BCUT2D eigenvalue weighted by Gasteiger charge is 2.21. The quantitative estimate of drug-likeness (QED) is 0.356. The largest absolute Gasteiger partial charge is 0.493 e. The summed E-state index contributed by atoms with van der Waals surface area (Å²) in [7, 11) is 0. The van der Waals surface area contributed by atoms with E-state index in [0.29, 0.717) is 22.2 Å². The number of rotatable bonds is 5. The Morgan fingerprint density at radius 3 is 2.73 bits per heavy atom. The van der Waals surface area contributed by atoms with Crippen molar-refractivity contribution < 1.29 is 9.84 Å². The van der Waals surface area contributed by atoms with E-state index in [2.05, 4.69) is 35.0 Å². The fraction of sp³-hybridized carbons (Fsp3) is 0.143. The zero-order valence-corrected chi connectivity index (χ0v) is 17.1. The topological polar surface area (TPSA) is 151 Å². The summed E-state index contributed by atoms with van der Waals surface area (Å²) in [5.41, 5.74) is 1.44. The minimum atomic E-state index is -0.516. The molecule has 6 rings (SSSR count). The van der Waals surface area contributed by atoms with Crippen LogP contribution in [0.3, 0.4) is 0 Å². The van der Waals surface area contributed by atoms with Gasteiger partial charge < -0.3 is 19.4 Å². The van der Waals surface area contributed by atoms with Gasteiger partial charge in [-0.25, -0.2) is 14.8 Å². The Kier molecular flexibility index (Phi) is 4.28. The van der Waals surface area contributed by atoms with Gasteiger partial charge in [-0.2, -0.15) is 19.6 Å². The Balaban J connectivity index is 1.43. The van der Waals surface area contributed by atoms with Crippen LogP contribution in [0.1, 0.15) is 18.5 Å². The molecule has 3 N–H and O–H groups in total. The van der Waals surface area contributed by atoms with Crippen molar-refractivity contribution >= 4 is 11.7 Å². The lowest BCUT2D eigenvalue weighted by atomic mass is 10.3. The van der Waals surface area contributed by atoms with Crippen molar-refractivity contribution in [1.82, 2.24) is 39.1 Å². The van der Waals surface area contributed by atoms with Crippen molar-refractivity contribution in [3.05, 3.63) is 76.2 Å². The number of H-pyrrole nitrogens is 2. The molecular weight excluding hydrogens is 426 g/mol. The first-order valence-electron chi connectivity index (χ1n) is 10.2. The lowest BCUT2D eigenvalue weighted by Gasteiger charge is -2.06. The second-order valence-corrected chi connectivity index (χ2v) is 7.55. The molecule has 0 spiro atoms. The number of aromatic hydroxyl groups is 1. The average molecular weight is 443 g/mol. The molecule has 5 aromatic rings. The van der Waals surface area contributed by atoms with E-state index in [9.17, 15) is 9.90 Å². The van der Waals surface area contributed by atoms with E-state index >= 15 is 0 Å². The van der Waals surface area contributed by atoms with E-state index in [0.717, 1.165) is 18.5 Å². The maximum absolute atomic E-state index is 11.5. The number of benzene rings is 1. The summed E-state index contributed by atoms with van der Waals surface area (Å²) >= 11 is 0. The number of imidazole rings is 2. The number of nitrogens with zero attached hydrogens (tertiary/aromatic N) is 7. The van der Waals surface area contributed by atoms with E-state index in [-0.39, 0.29) is 23.6 Å². The maximum atomic E-state index is 11.5. The molecule has 1 aromatic carbocycles. The standard InChI is InChI=1S/C21H17N9O3/c31-18-16(25-20(32)27-18)9-12-10-23-30-17(12)26-21(28-19(30)24-13-1-2-13)33-15-5-3-14(4-6-15)29-8-7-22-11-29/h3-11,13,31H,1-2H2,(H2,25,27,32). The summed E-state index contributed by atoms with van der Waals surface area (Å²) in [6, 6.07) is 7.73. The Hall–Kier alpha value is -4.74. The average Bonchev–Trinajstić information content (AvgIpc) is 3.17. The van der Waals surface area contributed by atoms with Crippen LogP contribution < -0.4 is 21.3 Å². The highest BCUT2D eigenvalue weighted by molar-refractivity contribution is 5.56. The normalized spacial score (nSPS) is 14.9. The second-order valence-electron chi connectivity index (χ2n) is 7.55. The predicted molar refractivity (Wildman–Crippen MR) is 115 cm³/mol. The third-order valence-electron chi connectivity index (χ3n) is 5.09. The molecule has 164 valence electrons. The number of hydrogen-bond donors (Lipinski definition) is 3. The van der Waals surface area contributed by atoms with Crippen molar-refractivity contribution in [2.75, 3.05) is 0 Å². The van der Waals surface area contributed by atoms with Crippen LogP contribution in [0, 0.1) is 0 Å². The van der Waals surface area contributed by atoms with Gasteiger partial charge in [-0.05, 0) is 43.2 Å². The van der Waals surface area contributed by atoms with E-state index in [1.165, 1.54) is 4.52 Å². The van der Waals surface area contributed by atoms with Gasteiger partial charge in [0, 0.05) is 23.3 Å². The molecule has 0 unspecified atom stereocenters. The van der Waals surface area contributed by atoms with Crippen molar-refractivity contribution in [2.24, 2.45) is 4.99 Å². The molecule has 4 heterocycles. The van der Waals surface area contributed by atoms with Gasteiger partial charge in [0.25, 0.3) is 5.62 Å². The van der Waals surface area contributed by atoms with Crippen molar-refractivity contribution in [2.45, 2.75) is 18.9 Å². The van der Waals surface area contributed by atoms with Crippen LogP contribution in [0.4, 0.5) is 0 Å². The van der Waals surface area contributed by atoms with Crippen LogP contribution in [0.2, 0.25) is 0 Å². The first kappa shape index (κ1) is 19.0. The zero-order chi connectivity index (χ0) is 22.4. The highest BCUT2D eigenvalue weighted by atomic mass is 16.5. The smallest absolute Gasteiger partial charge is 0.327 e. The first-order chi connectivity index (χ1) is 16.1. The molecule has 0 bridgehead atoms. The molecule has 12 heteroatoms. The van der Waals surface area contributed by atoms with E-state index in [1.54, 1.807) is 24.8 Å². The van der Waals surface area contributed by atoms with E-state index in [1.807, 2.05) is 35.0 Å². The SMILES string of the molecule is O=c1[nH]c(O)c(C=c2cnn3c(=NC4CC4)nc(Oc4ccc(-n5ccnc5)cc4)nc23)[nH]1. The molecule has 33 heavy (non-hydrogen) atoms. The number of ether oxygens (including phenoxy) is 1. The Morgan fingerprint density at radius 1 is 1.18 bits per heavy atom. The third kappa shape index (κ3) is 3.73. The number of aromatic nitrogens is 8. The lowest BCUT2D eigenvalue weighted by Crippen LogP contribution is -2.23. The molecule has 0 radical (unpaired) electrons. The number of aromatic amines is 2. The molecule has 1 aliphatic carbocycles. The summed E-state index contributed by atoms with van der Waals surface area (Å²) < 4.78 is 9.33. The number of nitrogens with one attached hydrogen (secondary N) is 2. The number of hydrogen-bond acceptors (Lipinski definition) is 8. The molecule has 12 nitrogen and oxygen atoms in total. The van der Waals surface area contributed by atoms with Crippen LogP contribution in [0.15, 0.2) is 59.0 Å². The molecule has 0 atom stereocenters. The molecule has 1 aliphatic rings. The summed E-state index contributed by atoms with van der Waals surface area (Å²) in [5, 5.41) is 14.8. The van der Waals surface area contributed by atoms with Crippen LogP contribution in [0.25, 0.3) is 17.4 Å². The van der Waals surface area contributed by atoms with Gasteiger partial charge in [0.05, 0.1) is 18.6 Å². The van der Waals surface area contributed by atoms with Crippen molar-refractivity contribution in [3.63, 3.8) is 0 Å². The van der Waals surface area contributed by atoms with Gasteiger partial charge in [0.15, 0.2) is 5.65 Å². The first-order valence-corrected chi connectivity index (χ1v) is 10.2. The summed E-state index contributed by atoms with van der Waals surface area (Å²) in [6.45, 7) is 0. The van der Waals surface area contributed by atoms with E-state index < -0.39 is 5.69 Å². The van der Waals surface area contributed by atoms with Gasteiger partial charge >= 0.3 is 11.7 Å². The second kappa shape index (κ2) is 7.44. The third-order valence-corrected chi connectivity index (χ3v) is 5.09. The lowest BCUT2D eigenvalue weighted by molar-refractivity contribution is 0.435. The Morgan fingerprint density at radius 2 is 2.03 bits per heavy atom. The highest BCUT2D eigenvalue weighted by Crippen LogP contribution is 2.23. The van der Waals surface area contributed by atoms with Crippen LogP contribution in [0.5, 0.6) is 17.6 Å². The zero-order valence-electron chi connectivity index (χ0n) is 17.1. The Bertz CT molecular complexity index is 1630. The van der Waals surface area contributed by atoms with Crippen LogP contribution >= 0.6 is 0 Å². The molecule has 4 aromatic heterocycles. The maximum Gasteiger partial charge on any atom is 0.327 e. The van der Waals surface area contributed by atoms with Gasteiger partial charge in [0.2, 0.25) is 5.88 Å². The summed E-state index contributed by atoms with van der Waals surface area (Å²) in [5.74, 6) is 0.281. The van der Waals surface area contributed by atoms with Crippen molar-refractivity contribution in [3.8, 4) is 23.3 Å². The van der Waals surface area contributed by atoms with Gasteiger partial charge in [0.1, 0.15) is 11.4 Å². The molecule has 1 saturated carbocycles. The molecule has 0 amide bonds. The fourth-order valence-electron chi connectivity index (χ4n) is 3.31. The monoisotopic (exact) mass is 443 g/mol. The fourth-order valence-corrected chi connectivity index (χ4v) is 3.31. The van der Waals surface area contributed by atoms with Gasteiger partial charge in [-0.3, -0.25) is 4.98 Å². The van der Waals surface area contributed by atoms with E-state index in [4.69, 9.17) is 4.74 Å². The molecule has 0 aliphatic heterocycles. The minimum Gasteiger partial charge on any atom is -0.493 e.